The Bertz CT molecular complexity index is 2650. The van der Waals surface area contributed by atoms with E-state index in [0.717, 1.165) is 86.2 Å². The predicted octanol–water partition coefficient (Wildman–Crippen LogP) is 5.35. The molecule has 27 nitrogen and oxygen atoms in total. The van der Waals surface area contributed by atoms with Crippen molar-refractivity contribution >= 4 is 73.0 Å². The van der Waals surface area contributed by atoms with E-state index in [9.17, 15) is 53.1 Å². The van der Waals surface area contributed by atoms with Crippen LogP contribution in [0.2, 0.25) is 0 Å². The molecule has 0 amide bonds. The van der Waals surface area contributed by atoms with Gasteiger partial charge in [0.15, 0.2) is 46.2 Å². The second-order valence-corrected chi connectivity index (χ2v) is 14.5. The highest BCUT2D eigenvalue weighted by Gasteiger charge is 2.55. The third-order valence-corrected chi connectivity index (χ3v) is 9.72. The van der Waals surface area contributed by atoms with Gasteiger partial charge in [-0.25, -0.2) is 43.2 Å². The van der Waals surface area contributed by atoms with Gasteiger partial charge in [0.25, 0.3) is 0 Å². The first kappa shape index (κ1) is 57.2. The van der Waals surface area contributed by atoms with Crippen LogP contribution < -0.4 is 28.4 Å². The molecule has 0 unspecified atom stereocenters. The topological polar surface area (TPSA) is 339 Å². The number of carbonyl (C=O) groups excluding carboxylic acids is 10. The average molecular weight is 1040 g/mol. The molecule has 74 heavy (non-hydrogen) atoms. The first-order valence-corrected chi connectivity index (χ1v) is 21.0. The highest BCUT2D eigenvalue weighted by atomic mass is 16.8. The van der Waals surface area contributed by atoms with E-state index < -0.39 is 104 Å². The smallest absolute Gasteiger partial charge is 0.467 e. The minimum atomic E-state index is -2.55. The fraction of sp³-hybridized carbons (Fsp3) is 0.319. The zero-order chi connectivity index (χ0) is 54.5. The number of hydrogen-bond acceptors (Lipinski definition) is 27. The maximum absolute atomic E-state index is 13.7. The SMILES string of the molecule is COC(=O)Oc1ccc(/C=C/C(=O)O[C@@H]2[C@H](OC(=O)/C=C/c3ccc(OC(=O)OC)c(OC(=O)OC)c3)C[C@@](O)(C(=O)OC)C[C@H]2OC(=O)CCc2ccc(OC(=O)OC)c(OC(=O)OC)c2)cc1OC(=O)OC. The fourth-order valence-corrected chi connectivity index (χ4v) is 6.36. The molecule has 0 heterocycles. The molecule has 0 spiro atoms. The molecule has 1 aliphatic carbocycles. The lowest BCUT2D eigenvalue weighted by Gasteiger charge is -2.42. The van der Waals surface area contributed by atoms with Gasteiger partial charge in [0.2, 0.25) is 0 Å². The van der Waals surface area contributed by atoms with Crippen LogP contribution in [0.4, 0.5) is 28.8 Å². The van der Waals surface area contributed by atoms with Crippen molar-refractivity contribution in [1.29, 1.82) is 0 Å². The number of benzene rings is 3. The Labute approximate surface area is 418 Å². The summed E-state index contributed by atoms with van der Waals surface area (Å²) in [6.45, 7) is 0. The second kappa shape index (κ2) is 27.3. The maximum atomic E-state index is 13.7. The number of rotatable bonds is 17. The maximum Gasteiger partial charge on any atom is 0.513 e. The quantitative estimate of drug-likeness (QED) is 0.0770. The van der Waals surface area contributed by atoms with Crippen molar-refractivity contribution in [2.24, 2.45) is 0 Å². The normalized spacial score (nSPS) is 16.7. The van der Waals surface area contributed by atoms with E-state index in [0.29, 0.717) is 5.56 Å². The zero-order valence-electron chi connectivity index (χ0n) is 40.1. The fourth-order valence-electron chi connectivity index (χ4n) is 6.36. The van der Waals surface area contributed by atoms with Crippen LogP contribution in [0.3, 0.4) is 0 Å². The number of methoxy groups -OCH3 is 7. The van der Waals surface area contributed by atoms with Crippen molar-refractivity contribution in [3.63, 3.8) is 0 Å². The Kier molecular flexibility index (Phi) is 21.1. The van der Waals surface area contributed by atoms with E-state index in [4.69, 9.17) is 47.4 Å². The predicted molar refractivity (Wildman–Crippen MR) is 240 cm³/mol. The molecule has 1 N–H and O–H groups in total. The molecule has 1 fully saturated rings. The number of esters is 4. The molecule has 1 saturated carbocycles. The Morgan fingerprint density at radius 3 is 1.24 bits per heavy atom. The molecule has 3 aromatic carbocycles. The number of ether oxygens (including phenoxy) is 16. The Hall–Kier alpha value is -9.40. The lowest BCUT2D eigenvalue weighted by molar-refractivity contribution is -0.213. The molecular formula is C47H46O27. The van der Waals surface area contributed by atoms with Gasteiger partial charge in [0, 0.05) is 31.4 Å². The largest absolute Gasteiger partial charge is 0.513 e. The molecule has 0 radical (unpaired) electrons. The molecule has 0 aliphatic heterocycles. The van der Waals surface area contributed by atoms with Crippen molar-refractivity contribution in [2.45, 2.75) is 49.6 Å². The van der Waals surface area contributed by atoms with Gasteiger partial charge in [-0.05, 0) is 71.7 Å². The second-order valence-electron chi connectivity index (χ2n) is 14.5. The lowest BCUT2D eigenvalue weighted by Crippen LogP contribution is -2.59. The molecule has 4 atom stereocenters. The van der Waals surface area contributed by atoms with Gasteiger partial charge in [0.1, 0.15) is 12.2 Å². The van der Waals surface area contributed by atoms with Crippen LogP contribution in [-0.2, 0) is 73.0 Å². The third kappa shape index (κ3) is 16.9. The van der Waals surface area contributed by atoms with Crippen molar-refractivity contribution in [1.82, 2.24) is 0 Å². The summed E-state index contributed by atoms with van der Waals surface area (Å²) >= 11 is 0. The van der Waals surface area contributed by atoms with E-state index >= 15 is 0 Å². The molecule has 4 rings (SSSR count). The van der Waals surface area contributed by atoms with Gasteiger partial charge in [-0.3, -0.25) is 4.79 Å². The van der Waals surface area contributed by atoms with Crippen LogP contribution in [0.5, 0.6) is 34.5 Å². The summed E-state index contributed by atoms with van der Waals surface area (Å²) in [6, 6.07) is 11.2. The van der Waals surface area contributed by atoms with Gasteiger partial charge >= 0.3 is 60.8 Å². The molecule has 396 valence electrons. The van der Waals surface area contributed by atoms with Crippen molar-refractivity contribution < 1.29 is 129 Å². The summed E-state index contributed by atoms with van der Waals surface area (Å²) in [7, 11) is 7.09. The van der Waals surface area contributed by atoms with Gasteiger partial charge in [0.05, 0.1) is 49.8 Å². The molecule has 3 aromatic rings. The standard InChI is InChI=1S/C47H46O27/c1-59-40(51)47(58)23-34(66-36(48)17-11-25-8-14-28(68-41(52)60-2)31(20-25)71-44(55)63-5)39(74-38(50)19-13-27-10-16-30(70-43(54)62-4)33(22-27)73-46(57)65-7)35(24-47)67-37(49)18-12-26-9-15-29(69-42(53)61-3)32(21-26)72-45(56)64-6/h8-11,13-17,19-22,34-35,39,58H,12,18,23-24H2,1-7H3/b17-11+,19-13+/t34-,35-,39-,47+/m1/s1. The lowest BCUT2D eigenvalue weighted by atomic mass is 9.79. The average Bonchev–Trinajstić information content (AvgIpc) is 3.38. The zero-order valence-corrected chi connectivity index (χ0v) is 40.1. The van der Waals surface area contributed by atoms with E-state index in [-0.39, 0.29) is 52.0 Å². The Balaban J connectivity index is 1.70. The Morgan fingerprint density at radius 2 is 0.838 bits per heavy atom. The van der Waals surface area contributed by atoms with E-state index in [2.05, 4.69) is 28.4 Å². The highest BCUT2D eigenvalue weighted by Crippen LogP contribution is 2.37. The van der Waals surface area contributed by atoms with Gasteiger partial charge < -0.3 is 80.9 Å². The van der Waals surface area contributed by atoms with Crippen LogP contribution in [-0.4, -0.2) is 140 Å². The van der Waals surface area contributed by atoms with Crippen LogP contribution in [0.15, 0.2) is 66.7 Å². The van der Waals surface area contributed by atoms with Gasteiger partial charge in [-0.1, -0.05) is 18.2 Å². The van der Waals surface area contributed by atoms with Crippen LogP contribution in [0, 0.1) is 0 Å². The minimum Gasteiger partial charge on any atom is -0.467 e. The summed E-state index contributed by atoms with van der Waals surface area (Å²) in [6.07, 6.45) is -10.7. The molecule has 0 saturated heterocycles. The van der Waals surface area contributed by atoms with Gasteiger partial charge in [-0.2, -0.15) is 0 Å². The summed E-state index contributed by atoms with van der Waals surface area (Å²) in [4.78, 5) is 125. The summed E-state index contributed by atoms with van der Waals surface area (Å²) < 4.78 is 79.0. The molecule has 0 bridgehead atoms. The molecule has 0 aromatic heterocycles. The van der Waals surface area contributed by atoms with Gasteiger partial charge in [-0.15, -0.1) is 0 Å². The van der Waals surface area contributed by atoms with E-state index in [1.165, 1.54) is 42.5 Å². The monoisotopic (exact) mass is 1040 g/mol. The van der Waals surface area contributed by atoms with Crippen molar-refractivity contribution in [2.75, 3.05) is 49.8 Å². The molecule has 27 heteroatoms. The number of aliphatic hydroxyl groups is 1. The third-order valence-electron chi connectivity index (χ3n) is 9.72. The van der Waals surface area contributed by atoms with Crippen LogP contribution >= 0.6 is 0 Å². The van der Waals surface area contributed by atoms with Crippen molar-refractivity contribution in [3.05, 3.63) is 83.4 Å². The van der Waals surface area contributed by atoms with E-state index in [1.54, 1.807) is 0 Å². The number of aryl methyl sites for hydroxylation is 1. The summed E-state index contributed by atoms with van der Waals surface area (Å²) in [5.41, 5.74) is -1.98. The minimum absolute atomic E-state index is 0.132. The van der Waals surface area contributed by atoms with Crippen LogP contribution in [0.25, 0.3) is 12.2 Å². The molecule has 1 aliphatic rings. The van der Waals surface area contributed by atoms with Crippen LogP contribution in [0.1, 0.15) is 36.0 Å². The summed E-state index contributed by atoms with van der Waals surface area (Å²) in [5, 5.41) is 11.7. The number of carbonyl (C=O) groups is 10. The first-order chi connectivity index (χ1) is 35.3. The Morgan fingerprint density at radius 1 is 0.473 bits per heavy atom. The van der Waals surface area contributed by atoms with E-state index in [1.807, 2.05) is 0 Å². The summed E-state index contributed by atoms with van der Waals surface area (Å²) in [5.74, 6) is -6.53. The number of hydrogen-bond donors (Lipinski definition) is 1. The first-order valence-electron chi connectivity index (χ1n) is 21.0. The van der Waals surface area contributed by atoms with Crippen molar-refractivity contribution in [3.8, 4) is 34.5 Å². The highest BCUT2D eigenvalue weighted by molar-refractivity contribution is 5.89. The molecular weight excluding hydrogens is 996 g/mol.